The third kappa shape index (κ3) is 3.86. The Morgan fingerprint density at radius 3 is 2.62 bits per heavy atom. The number of pyridine rings is 1. The number of hydrogen-bond acceptors (Lipinski definition) is 6. The lowest BCUT2D eigenvalue weighted by molar-refractivity contribution is 0.580. The maximum Gasteiger partial charge on any atom is 0.245 e. The zero-order chi connectivity index (χ0) is 20.6. The lowest BCUT2D eigenvalue weighted by Gasteiger charge is -2.05. The molecule has 11 heteroatoms. The van der Waals surface area contributed by atoms with E-state index in [4.69, 9.17) is 11.6 Å². The number of fused-ring (bicyclic) bond motifs is 1. The summed E-state index contributed by atoms with van der Waals surface area (Å²) < 4.78 is 30.7. The fourth-order valence-electron chi connectivity index (χ4n) is 3.04. The quantitative estimate of drug-likeness (QED) is 0.500. The van der Waals surface area contributed by atoms with E-state index in [-0.39, 0.29) is 16.6 Å². The SMILES string of the molecule is Cc1nn(C)c(Cl)c1S(=O)(=O)NCCc1cc2nc(-c3ccncc3)ccn2n1. The lowest BCUT2D eigenvalue weighted by Crippen LogP contribution is -2.26. The summed E-state index contributed by atoms with van der Waals surface area (Å²) in [5.41, 5.74) is 3.53. The molecule has 0 saturated carbocycles. The smallest absolute Gasteiger partial charge is 0.245 e. The standard InChI is InChI=1S/C18H18ClN7O2S/c1-12-17(18(19)25(2)23-12)29(27,28)21-9-5-14-11-16-22-15(6-10-26(16)24-14)13-3-7-20-8-4-13/h3-4,6-8,10-11,21H,5,9H2,1-2H3. The molecule has 0 unspecified atom stereocenters. The Hall–Kier alpha value is -2.82. The van der Waals surface area contributed by atoms with Gasteiger partial charge in [0.05, 0.1) is 17.1 Å². The van der Waals surface area contributed by atoms with E-state index in [1.54, 1.807) is 30.9 Å². The molecule has 9 nitrogen and oxygen atoms in total. The van der Waals surface area contributed by atoms with E-state index in [1.165, 1.54) is 4.68 Å². The van der Waals surface area contributed by atoms with E-state index in [2.05, 4.69) is 24.9 Å². The molecule has 1 N–H and O–H groups in total. The summed E-state index contributed by atoms with van der Waals surface area (Å²) in [6.07, 6.45) is 5.66. The molecule has 0 aliphatic rings. The Bertz CT molecular complexity index is 1280. The average Bonchev–Trinajstić information content (AvgIpc) is 3.21. The molecule has 4 aromatic rings. The van der Waals surface area contributed by atoms with Crippen LogP contribution in [0.1, 0.15) is 11.4 Å². The molecule has 29 heavy (non-hydrogen) atoms. The first-order valence-corrected chi connectivity index (χ1v) is 10.7. The molecule has 0 aliphatic heterocycles. The third-order valence-electron chi connectivity index (χ3n) is 4.39. The van der Waals surface area contributed by atoms with Crippen molar-refractivity contribution in [3.8, 4) is 11.3 Å². The Balaban J connectivity index is 1.49. The second-order valence-electron chi connectivity index (χ2n) is 6.46. The van der Waals surface area contributed by atoms with Gasteiger partial charge in [0.2, 0.25) is 10.0 Å². The highest BCUT2D eigenvalue weighted by molar-refractivity contribution is 7.89. The van der Waals surface area contributed by atoms with Crippen molar-refractivity contribution in [2.24, 2.45) is 7.05 Å². The van der Waals surface area contributed by atoms with Crippen LogP contribution in [-0.4, -0.2) is 44.3 Å². The van der Waals surface area contributed by atoms with Crippen LogP contribution in [0.4, 0.5) is 0 Å². The minimum absolute atomic E-state index is 0.000303. The van der Waals surface area contributed by atoms with E-state index in [9.17, 15) is 8.42 Å². The van der Waals surface area contributed by atoms with Crippen LogP contribution in [0.25, 0.3) is 16.9 Å². The normalized spacial score (nSPS) is 12.0. The molecule has 0 aromatic carbocycles. The summed E-state index contributed by atoms with van der Waals surface area (Å²) in [6, 6.07) is 7.48. The zero-order valence-corrected chi connectivity index (χ0v) is 17.3. The van der Waals surface area contributed by atoms with Crippen molar-refractivity contribution < 1.29 is 8.42 Å². The molecular formula is C18H18ClN7O2S. The number of sulfonamides is 1. The van der Waals surface area contributed by atoms with Crippen LogP contribution >= 0.6 is 11.6 Å². The van der Waals surface area contributed by atoms with Crippen LogP contribution in [0.2, 0.25) is 5.15 Å². The summed E-state index contributed by atoms with van der Waals surface area (Å²) in [5.74, 6) is 0. The van der Waals surface area contributed by atoms with Crippen LogP contribution in [-0.2, 0) is 23.5 Å². The first-order valence-electron chi connectivity index (χ1n) is 8.79. The van der Waals surface area contributed by atoms with Gasteiger partial charge in [-0.2, -0.15) is 10.2 Å². The number of aromatic nitrogens is 6. The summed E-state index contributed by atoms with van der Waals surface area (Å²) in [6.45, 7) is 1.78. The van der Waals surface area contributed by atoms with Gasteiger partial charge in [-0.15, -0.1) is 0 Å². The van der Waals surface area contributed by atoms with Crippen LogP contribution < -0.4 is 4.72 Å². The summed E-state index contributed by atoms with van der Waals surface area (Å²) in [4.78, 5) is 8.61. The fraction of sp³-hybridized carbons (Fsp3) is 0.222. The zero-order valence-electron chi connectivity index (χ0n) is 15.7. The first kappa shape index (κ1) is 19.5. The molecule has 4 aromatic heterocycles. The molecule has 0 bridgehead atoms. The molecule has 4 heterocycles. The molecule has 0 radical (unpaired) electrons. The minimum atomic E-state index is -3.77. The predicted octanol–water partition coefficient (Wildman–Crippen LogP) is 2.01. The van der Waals surface area contributed by atoms with Gasteiger partial charge in [0, 0.05) is 50.2 Å². The first-order chi connectivity index (χ1) is 13.8. The van der Waals surface area contributed by atoms with Crippen molar-refractivity contribution >= 4 is 27.3 Å². The Kier molecular flexibility index (Phi) is 5.07. The molecule has 4 rings (SSSR count). The van der Waals surface area contributed by atoms with Crippen molar-refractivity contribution in [3.05, 3.63) is 59.4 Å². The summed E-state index contributed by atoms with van der Waals surface area (Å²) >= 11 is 6.07. The Morgan fingerprint density at radius 2 is 1.93 bits per heavy atom. The summed E-state index contributed by atoms with van der Waals surface area (Å²) in [7, 11) is -2.17. The van der Waals surface area contributed by atoms with Gasteiger partial charge in [0.25, 0.3) is 0 Å². The third-order valence-corrected chi connectivity index (χ3v) is 6.55. The number of aryl methyl sites for hydroxylation is 2. The molecule has 0 fully saturated rings. The second kappa shape index (κ2) is 7.54. The van der Waals surface area contributed by atoms with Gasteiger partial charge in [-0.05, 0) is 25.1 Å². The number of nitrogens with one attached hydrogen (secondary N) is 1. The summed E-state index contributed by atoms with van der Waals surface area (Å²) in [5, 5.41) is 8.57. The molecule has 150 valence electrons. The van der Waals surface area contributed by atoms with Crippen LogP contribution in [0.15, 0.2) is 47.8 Å². The van der Waals surface area contributed by atoms with E-state index in [0.717, 1.165) is 17.0 Å². The number of nitrogens with zero attached hydrogens (tertiary/aromatic N) is 6. The second-order valence-corrected chi connectivity index (χ2v) is 8.53. The van der Waals surface area contributed by atoms with Crippen molar-refractivity contribution in [3.63, 3.8) is 0 Å². The van der Waals surface area contributed by atoms with Crippen molar-refractivity contribution in [1.82, 2.24) is 34.1 Å². The van der Waals surface area contributed by atoms with Crippen LogP contribution in [0.5, 0.6) is 0 Å². The Labute approximate surface area is 172 Å². The predicted molar refractivity (Wildman–Crippen MR) is 108 cm³/mol. The van der Waals surface area contributed by atoms with Crippen LogP contribution in [0, 0.1) is 6.92 Å². The molecular weight excluding hydrogens is 414 g/mol. The highest BCUT2D eigenvalue weighted by Crippen LogP contribution is 2.23. The van der Waals surface area contributed by atoms with Gasteiger partial charge in [0.1, 0.15) is 10.0 Å². The molecule has 0 amide bonds. The average molecular weight is 432 g/mol. The maximum atomic E-state index is 12.6. The Morgan fingerprint density at radius 1 is 1.17 bits per heavy atom. The monoisotopic (exact) mass is 431 g/mol. The van der Waals surface area contributed by atoms with Gasteiger partial charge in [-0.3, -0.25) is 9.67 Å². The van der Waals surface area contributed by atoms with Crippen molar-refractivity contribution in [2.45, 2.75) is 18.2 Å². The van der Waals surface area contributed by atoms with Gasteiger partial charge >= 0.3 is 0 Å². The van der Waals surface area contributed by atoms with E-state index in [1.807, 2.05) is 30.5 Å². The fourth-order valence-corrected chi connectivity index (χ4v) is 4.81. The molecule has 0 aliphatic carbocycles. The largest absolute Gasteiger partial charge is 0.265 e. The topological polar surface area (TPSA) is 107 Å². The van der Waals surface area contributed by atoms with Crippen molar-refractivity contribution in [1.29, 1.82) is 0 Å². The van der Waals surface area contributed by atoms with E-state index >= 15 is 0 Å². The number of hydrogen-bond donors (Lipinski definition) is 1. The van der Waals surface area contributed by atoms with Gasteiger partial charge in [-0.1, -0.05) is 11.6 Å². The molecule has 0 spiro atoms. The lowest BCUT2D eigenvalue weighted by atomic mass is 10.2. The van der Waals surface area contributed by atoms with Gasteiger partial charge in [-0.25, -0.2) is 22.6 Å². The van der Waals surface area contributed by atoms with Gasteiger partial charge < -0.3 is 0 Å². The van der Waals surface area contributed by atoms with Gasteiger partial charge in [0.15, 0.2) is 5.65 Å². The molecule has 0 atom stereocenters. The maximum absolute atomic E-state index is 12.6. The van der Waals surface area contributed by atoms with Crippen LogP contribution in [0.3, 0.4) is 0 Å². The molecule has 0 saturated heterocycles. The minimum Gasteiger partial charge on any atom is -0.265 e. The number of halogens is 1. The van der Waals surface area contributed by atoms with E-state index in [0.29, 0.717) is 17.8 Å². The highest BCUT2D eigenvalue weighted by Gasteiger charge is 2.24. The van der Waals surface area contributed by atoms with Crippen molar-refractivity contribution in [2.75, 3.05) is 6.54 Å². The number of rotatable bonds is 6. The highest BCUT2D eigenvalue weighted by atomic mass is 35.5. The van der Waals surface area contributed by atoms with E-state index < -0.39 is 10.0 Å².